The first kappa shape index (κ1) is 34.5. The topological polar surface area (TPSA) is 47.9 Å². The summed E-state index contributed by atoms with van der Waals surface area (Å²) in [5.41, 5.74) is 4.14. The van der Waals surface area contributed by atoms with Gasteiger partial charge in [0.25, 0.3) is 8.32 Å². The van der Waals surface area contributed by atoms with E-state index in [1.165, 1.54) is 5.56 Å². The Labute approximate surface area is 243 Å². The lowest BCUT2D eigenvalue weighted by atomic mass is 9.81. The highest BCUT2D eigenvalue weighted by Crippen LogP contribution is 2.49. The molecule has 1 fully saturated rings. The summed E-state index contributed by atoms with van der Waals surface area (Å²) < 4.78 is 21.1. The van der Waals surface area contributed by atoms with Gasteiger partial charge in [-0.3, -0.25) is 0 Å². The highest BCUT2D eigenvalue weighted by Gasteiger charge is 2.50. The van der Waals surface area contributed by atoms with Gasteiger partial charge in [0.05, 0.1) is 23.9 Å². The zero-order chi connectivity index (χ0) is 30.1. The van der Waals surface area contributed by atoms with E-state index in [2.05, 4.69) is 108 Å². The minimum atomic E-state index is -2.22. The third kappa shape index (κ3) is 6.71. The Bertz CT molecular complexity index is 894. The van der Waals surface area contributed by atoms with E-state index in [0.717, 1.165) is 17.7 Å². The average molecular weight is 579 g/mol. The van der Waals surface area contributed by atoms with Crippen molar-refractivity contribution in [3.8, 4) is 5.75 Å². The molecule has 226 valence electrons. The predicted molar refractivity (Wildman–Crippen MR) is 172 cm³/mol. The lowest BCUT2D eigenvalue weighted by Crippen LogP contribution is -2.52. The van der Waals surface area contributed by atoms with Gasteiger partial charge in [0.15, 0.2) is 0 Å². The number of ether oxygens (including phenoxy) is 1. The molecule has 1 aliphatic rings. The first-order chi connectivity index (χ1) is 17.8. The third-order valence-electron chi connectivity index (χ3n) is 9.99. The van der Waals surface area contributed by atoms with Gasteiger partial charge in [-0.2, -0.15) is 0 Å². The van der Waals surface area contributed by atoms with Crippen molar-refractivity contribution in [2.24, 2.45) is 0 Å². The molecular weight excluding hydrogens is 517 g/mol. The van der Waals surface area contributed by atoms with Crippen LogP contribution in [0.5, 0.6) is 5.75 Å². The summed E-state index contributed by atoms with van der Waals surface area (Å²) in [6.45, 7) is 34.9. The van der Waals surface area contributed by atoms with Gasteiger partial charge >= 0.3 is 0 Å². The van der Waals surface area contributed by atoms with Crippen LogP contribution in [0, 0.1) is 0 Å². The fraction of sp³-hybridized carbons (Fsp3) is 0.818. The fourth-order valence-electron chi connectivity index (χ4n) is 8.08. The smallest absolute Gasteiger partial charge is 0.258 e. The zero-order valence-corrected chi connectivity index (χ0v) is 30.1. The maximum atomic E-state index is 10.7. The lowest BCUT2D eigenvalue weighted by molar-refractivity contribution is -0.219. The van der Waals surface area contributed by atoms with Crippen LogP contribution in [0.25, 0.3) is 0 Å². The Kier molecular flexibility index (Phi) is 11.2. The number of aliphatic hydroxyl groups excluding tert-OH is 1. The van der Waals surface area contributed by atoms with E-state index in [4.69, 9.17) is 13.6 Å². The summed E-state index contributed by atoms with van der Waals surface area (Å²) in [7, 11) is -4.22. The quantitative estimate of drug-likeness (QED) is 0.251. The minimum absolute atomic E-state index is 0.464. The molecule has 0 unspecified atom stereocenters. The van der Waals surface area contributed by atoms with E-state index in [9.17, 15) is 5.11 Å². The molecule has 2 rings (SSSR count). The maximum Gasteiger partial charge on any atom is 0.258 e. The average Bonchev–Trinajstić information content (AvgIpc) is 2.78. The molecule has 1 saturated heterocycles. The van der Waals surface area contributed by atoms with Crippen LogP contribution in [-0.2, 0) is 21.4 Å². The van der Waals surface area contributed by atoms with Crippen LogP contribution < -0.4 is 4.43 Å². The van der Waals surface area contributed by atoms with E-state index >= 15 is 0 Å². The number of rotatable bonds is 12. The molecule has 6 heteroatoms. The number of aliphatic hydroxyl groups is 1. The second kappa shape index (κ2) is 12.7. The van der Waals surface area contributed by atoms with Crippen LogP contribution in [0.1, 0.15) is 128 Å². The van der Waals surface area contributed by atoms with E-state index in [0.29, 0.717) is 46.3 Å². The standard InChI is InChI=1S/C33H62O4Si2/c1-22(2)38(23(3)4,24(5)6)35-21-28-16-17-29(33(15)19-18-31(34)32(13,14)37-33)30(20-28)36-39(25(7)8,26(9)10)27(11)12/h16-17,20,22-27,31,34H,18-19,21H2,1-15H3/t31-,33+/m1/s1. The lowest BCUT2D eigenvalue weighted by Gasteiger charge is -2.48. The first-order valence-corrected chi connectivity index (χ1v) is 19.9. The Hall–Kier alpha value is -0.666. The monoisotopic (exact) mass is 578 g/mol. The van der Waals surface area contributed by atoms with Gasteiger partial charge < -0.3 is 18.7 Å². The summed E-state index contributed by atoms with van der Waals surface area (Å²) in [4.78, 5) is 0. The van der Waals surface area contributed by atoms with Crippen molar-refractivity contribution >= 4 is 16.6 Å². The van der Waals surface area contributed by atoms with Crippen LogP contribution >= 0.6 is 0 Å². The summed E-state index contributed by atoms with van der Waals surface area (Å²) >= 11 is 0. The highest BCUT2D eigenvalue weighted by molar-refractivity contribution is 6.78. The van der Waals surface area contributed by atoms with E-state index in [-0.39, 0.29) is 0 Å². The third-order valence-corrected chi connectivity index (χ3v) is 22.0. The Morgan fingerprint density at radius 2 is 1.26 bits per heavy atom. The molecule has 0 amide bonds. The Balaban J connectivity index is 2.66. The van der Waals surface area contributed by atoms with Crippen LogP contribution in [0.15, 0.2) is 18.2 Å². The largest absolute Gasteiger partial charge is 0.542 e. The van der Waals surface area contributed by atoms with Crippen LogP contribution in [0.4, 0.5) is 0 Å². The molecule has 1 N–H and O–H groups in total. The van der Waals surface area contributed by atoms with Crippen molar-refractivity contribution in [3.05, 3.63) is 29.3 Å². The molecule has 39 heavy (non-hydrogen) atoms. The van der Waals surface area contributed by atoms with Crippen LogP contribution in [0.2, 0.25) is 33.2 Å². The molecule has 1 aliphatic heterocycles. The molecule has 1 heterocycles. The van der Waals surface area contributed by atoms with Crippen molar-refractivity contribution in [1.29, 1.82) is 0 Å². The Morgan fingerprint density at radius 1 is 0.795 bits per heavy atom. The van der Waals surface area contributed by atoms with Crippen LogP contribution in [-0.4, -0.2) is 33.4 Å². The summed E-state index contributed by atoms with van der Waals surface area (Å²) in [5, 5.41) is 10.7. The van der Waals surface area contributed by atoms with Crippen molar-refractivity contribution in [3.63, 3.8) is 0 Å². The number of benzene rings is 1. The summed E-state index contributed by atoms with van der Waals surface area (Å²) in [6.07, 6.45) is 0.993. The normalized spacial score (nSPS) is 22.7. The molecule has 0 saturated carbocycles. The second-order valence-electron chi connectivity index (χ2n) is 14.8. The molecule has 4 nitrogen and oxygen atoms in total. The highest BCUT2D eigenvalue weighted by atomic mass is 28.4. The molecule has 0 aliphatic carbocycles. The minimum Gasteiger partial charge on any atom is -0.542 e. The predicted octanol–water partition coefficient (Wildman–Crippen LogP) is 10.1. The van der Waals surface area contributed by atoms with Gasteiger partial charge in [-0.1, -0.05) is 95.2 Å². The molecule has 2 atom stereocenters. The molecular formula is C33H62O4Si2. The summed E-state index contributed by atoms with van der Waals surface area (Å²) in [6, 6.07) is 6.71. The fourth-order valence-corrected chi connectivity index (χ4v) is 18.8. The van der Waals surface area contributed by atoms with Gasteiger partial charge in [-0.25, -0.2) is 0 Å². The number of hydrogen-bond acceptors (Lipinski definition) is 4. The molecule has 0 aromatic heterocycles. The van der Waals surface area contributed by atoms with Gasteiger partial charge in [0.2, 0.25) is 8.32 Å². The molecule has 1 aromatic rings. The maximum absolute atomic E-state index is 10.7. The summed E-state index contributed by atoms with van der Waals surface area (Å²) in [5.74, 6) is 0.958. The van der Waals surface area contributed by atoms with Crippen molar-refractivity contribution in [1.82, 2.24) is 0 Å². The van der Waals surface area contributed by atoms with Gasteiger partial charge in [-0.15, -0.1) is 0 Å². The van der Waals surface area contributed by atoms with Crippen LogP contribution in [0.3, 0.4) is 0 Å². The SMILES string of the molecule is CC(C)[Si](OCc1ccc([C@]2(C)CC[C@@H](O)C(C)(C)O2)c(O[Si](C(C)C)(C(C)C)C(C)C)c1)(C(C)C)C(C)C. The van der Waals surface area contributed by atoms with Gasteiger partial charge in [-0.05, 0) is 78.5 Å². The molecule has 1 aromatic carbocycles. The van der Waals surface area contributed by atoms with Gasteiger partial charge in [0.1, 0.15) is 5.75 Å². The molecule has 0 bridgehead atoms. The van der Waals surface area contributed by atoms with Crippen molar-refractivity contribution < 1.29 is 18.7 Å². The first-order valence-electron chi connectivity index (χ1n) is 15.6. The zero-order valence-electron chi connectivity index (χ0n) is 28.1. The van der Waals surface area contributed by atoms with E-state index < -0.39 is 33.9 Å². The number of hydrogen-bond donors (Lipinski definition) is 1. The molecule has 0 radical (unpaired) electrons. The van der Waals surface area contributed by atoms with E-state index in [1.54, 1.807) is 0 Å². The van der Waals surface area contributed by atoms with E-state index in [1.807, 2.05) is 13.8 Å². The molecule has 0 spiro atoms. The van der Waals surface area contributed by atoms with Crippen molar-refractivity contribution in [2.75, 3.05) is 0 Å². The second-order valence-corrected chi connectivity index (χ2v) is 25.7. The Morgan fingerprint density at radius 3 is 1.67 bits per heavy atom. The van der Waals surface area contributed by atoms with Crippen molar-refractivity contribution in [2.45, 2.75) is 174 Å². The van der Waals surface area contributed by atoms with Gasteiger partial charge in [0, 0.05) is 5.56 Å².